The van der Waals surface area contributed by atoms with Crippen molar-refractivity contribution in [2.75, 3.05) is 0 Å². The van der Waals surface area contributed by atoms with Gasteiger partial charge in [-0.2, -0.15) is 5.10 Å². The lowest BCUT2D eigenvalue weighted by atomic mass is 10.2. The van der Waals surface area contributed by atoms with Crippen molar-refractivity contribution in [3.8, 4) is 5.82 Å². The quantitative estimate of drug-likeness (QED) is 0.757. The summed E-state index contributed by atoms with van der Waals surface area (Å²) in [4.78, 5) is 7.95. The predicted molar refractivity (Wildman–Crippen MR) is 84.3 cm³/mol. The first-order valence-electron chi connectivity index (χ1n) is 7.03. The third-order valence-electron chi connectivity index (χ3n) is 3.46. The molecule has 124 valence electrons. The maximum Gasteiger partial charge on any atom is 0.241 e. The second-order valence-electron chi connectivity index (χ2n) is 5.01. The zero-order valence-corrected chi connectivity index (χ0v) is 13.5. The molecule has 0 spiro atoms. The van der Waals surface area contributed by atoms with Gasteiger partial charge in [-0.3, -0.25) is 0 Å². The van der Waals surface area contributed by atoms with Crippen molar-refractivity contribution in [3.63, 3.8) is 0 Å². The highest BCUT2D eigenvalue weighted by atomic mass is 32.2. The fourth-order valence-electron chi connectivity index (χ4n) is 2.22. The summed E-state index contributed by atoms with van der Waals surface area (Å²) in [5.41, 5.74) is 0.688. The third kappa shape index (κ3) is 3.17. The van der Waals surface area contributed by atoms with E-state index in [4.69, 9.17) is 0 Å². The molecule has 2 aromatic heterocycles. The number of hydrogen-bond donors (Lipinski definition) is 1. The lowest BCUT2D eigenvalue weighted by Gasteiger charge is -2.11. The molecule has 2 heterocycles. The van der Waals surface area contributed by atoms with E-state index in [2.05, 4.69) is 19.8 Å². The molecular weight excluding hydrogens is 333 g/mol. The molecular formula is C15H14FN5O2S. The lowest BCUT2D eigenvalue weighted by molar-refractivity contribution is 0.574. The van der Waals surface area contributed by atoms with Crippen LogP contribution in [0.3, 0.4) is 0 Å². The predicted octanol–water partition coefficient (Wildman–Crippen LogP) is 1.59. The smallest absolute Gasteiger partial charge is 0.237 e. The van der Waals surface area contributed by atoms with Crippen LogP contribution < -0.4 is 4.72 Å². The van der Waals surface area contributed by atoms with Gasteiger partial charge in [0.2, 0.25) is 10.0 Å². The summed E-state index contributed by atoms with van der Waals surface area (Å²) < 4.78 is 42.4. The van der Waals surface area contributed by atoms with Gasteiger partial charge < -0.3 is 0 Å². The van der Waals surface area contributed by atoms with E-state index in [9.17, 15) is 12.8 Å². The van der Waals surface area contributed by atoms with Crippen LogP contribution in [0.25, 0.3) is 5.82 Å². The molecule has 24 heavy (non-hydrogen) atoms. The molecule has 0 saturated carbocycles. The standard InChI is InChI=1S/C15H14FN5O2S/c1-11-13(16)5-2-6-14(11)24(22,23)20-8-12-4-3-7-18-15(12)21-10-17-9-19-21/h2-7,9-10,20H,8H2,1H3. The first-order valence-corrected chi connectivity index (χ1v) is 8.51. The van der Waals surface area contributed by atoms with Gasteiger partial charge in [0.15, 0.2) is 5.82 Å². The van der Waals surface area contributed by atoms with Crippen molar-refractivity contribution < 1.29 is 12.8 Å². The van der Waals surface area contributed by atoms with E-state index < -0.39 is 15.8 Å². The Bertz CT molecular complexity index is 958. The van der Waals surface area contributed by atoms with Gasteiger partial charge in [-0.25, -0.2) is 32.2 Å². The SMILES string of the molecule is Cc1c(F)cccc1S(=O)(=O)NCc1cccnc1-n1cncn1. The molecule has 9 heteroatoms. The summed E-state index contributed by atoms with van der Waals surface area (Å²) in [6, 6.07) is 7.37. The number of sulfonamides is 1. The van der Waals surface area contributed by atoms with Crippen LogP contribution in [0.2, 0.25) is 0 Å². The van der Waals surface area contributed by atoms with Crippen molar-refractivity contribution in [2.45, 2.75) is 18.4 Å². The molecule has 0 saturated heterocycles. The number of nitrogens with zero attached hydrogens (tertiary/aromatic N) is 4. The minimum Gasteiger partial charge on any atom is -0.237 e. The number of aromatic nitrogens is 4. The minimum absolute atomic E-state index is 0.0126. The van der Waals surface area contributed by atoms with E-state index in [0.29, 0.717) is 11.4 Å². The van der Waals surface area contributed by atoms with Gasteiger partial charge in [0, 0.05) is 23.9 Å². The van der Waals surface area contributed by atoms with Crippen molar-refractivity contribution >= 4 is 10.0 Å². The summed E-state index contributed by atoms with van der Waals surface area (Å²) in [7, 11) is -3.86. The van der Waals surface area contributed by atoms with E-state index in [1.54, 1.807) is 18.3 Å². The zero-order chi connectivity index (χ0) is 17.2. The number of benzene rings is 1. The van der Waals surface area contributed by atoms with Crippen LogP contribution in [0.15, 0.2) is 54.1 Å². The molecule has 0 radical (unpaired) electrons. The van der Waals surface area contributed by atoms with Gasteiger partial charge in [0.05, 0.1) is 4.90 Å². The third-order valence-corrected chi connectivity index (χ3v) is 5.01. The van der Waals surface area contributed by atoms with Crippen molar-refractivity contribution in [2.24, 2.45) is 0 Å². The normalized spacial score (nSPS) is 11.6. The molecule has 0 unspecified atom stereocenters. The van der Waals surface area contributed by atoms with Crippen LogP contribution in [-0.4, -0.2) is 28.2 Å². The molecule has 7 nitrogen and oxygen atoms in total. The van der Waals surface area contributed by atoms with Crippen molar-refractivity contribution in [1.82, 2.24) is 24.5 Å². The molecule has 1 N–H and O–H groups in total. The Morgan fingerprint density at radius 2 is 2.08 bits per heavy atom. The molecule has 0 fully saturated rings. The summed E-state index contributed by atoms with van der Waals surface area (Å²) in [6.45, 7) is 1.41. The summed E-state index contributed by atoms with van der Waals surface area (Å²) in [5, 5.41) is 3.99. The fraction of sp³-hybridized carbons (Fsp3) is 0.133. The summed E-state index contributed by atoms with van der Waals surface area (Å²) in [5.74, 6) is -0.101. The van der Waals surface area contributed by atoms with E-state index in [-0.39, 0.29) is 17.0 Å². The summed E-state index contributed by atoms with van der Waals surface area (Å²) >= 11 is 0. The van der Waals surface area contributed by atoms with Crippen LogP contribution in [0.1, 0.15) is 11.1 Å². The highest BCUT2D eigenvalue weighted by Crippen LogP contribution is 2.18. The van der Waals surface area contributed by atoms with Crippen LogP contribution in [0, 0.1) is 12.7 Å². The Morgan fingerprint density at radius 1 is 1.25 bits per heavy atom. The topological polar surface area (TPSA) is 89.8 Å². The molecule has 0 aliphatic heterocycles. The number of nitrogens with one attached hydrogen (secondary N) is 1. The van der Waals surface area contributed by atoms with Gasteiger partial charge >= 0.3 is 0 Å². The van der Waals surface area contributed by atoms with E-state index in [1.807, 2.05) is 0 Å². The Morgan fingerprint density at radius 3 is 2.83 bits per heavy atom. The zero-order valence-electron chi connectivity index (χ0n) is 12.7. The second-order valence-corrected chi connectivity index (χ2v) is 6.75. The summed E-state index contributed by atoms with van der Waals surface area (Å²) in [6.07, 6.45) is 4.40. The largest absolute Gasteiger partial charge is 0.241 e. The van der Waals surface area contributed by atoms with E-state index in [0.717, 1.165) is 0 Å². The van der Waals surface area contributed by atoms with Gasteiger partial charge in [-0.1, -0.05) is 12.1 Å². The van der Waals surface area contributed by atoms with Gasteiger partial charge in [-0.05, 0) is 25.1 Å². The highest BCUT2D eigenvalue weighted by Gasteiger charge is 2.19. The molecule has 0 amide bonds. The lowest BCUT2D eigenvalue weighted by Crippen LogP contribution is -2.25. The van der Waals surface area contributed by atoms with Crippen LogP contribution in [0.5, 0.6) is 0 Å². The minimum atomic E-state index is -3.86. The molecule has 0 bridgehead atoms. The van der Waals surface area contributed by atoms with Crippen LogP contribution in [0.4, 0.5) is 4.39 Å². The fourth-order valence-corrected chi connectivity index (χ4v) is 3.48. The Balaban J connectivity index is 1.88. The maximum atomic E-state index is 13.6. The Kier molecular flexibility index (Phi) is 4.36. The monoisotopic (exact) mass is 347 g/mol. The molecule has 0 aliphatic carbocycles. The first kappa shape index (κ1) is 16.2. The van der Waals surface area contributed by atoms with Gasteiger partial charge in [0.1, 0.15) is 18.5 Å². The number of halogens is 1. The molecule has 3 rings (SSSR count). The molecule has 1 aromatic carbocycles. The Labute approximate surface area is 138 Å². The van der Waals surface area contributed by atoms with Crippen LogP contribution >= 0.6 is 0 Å². The van der Waals surface area contributed by atoms with E-state index in [1.165, 1.54) is 42.5 Å². The first-order chi connectivity index (χ1) is 11.5. The Hall–Kier alpha value is -2.65. The maximum absolute atomic E-state index is 13.6. The average Bonchev–Trinajstić information content (AvgIpc) is 3.10. The van der Waals surface area contributed by atoms with Gasteiger partial charge in [0.25, 0.3) is 0 Å². The number of pyridine rings is 1. The molecule has 0 atom stereocenters. The molecule has 3 aromatic rings. The van der Waals surface area contributed by atoms with E-state index >= 15 is 0 Å². The highest BCUT2D eigenvalue weighted by molar-refractivity contribution is 7.89. The number of rotatable bonds is 5. The average molecular weight is 347 g/mol. The second kappa shape index (κ2) is 6.46. The van der Waals surface area contributed by atoms with Crippen LogP contribution in [-0.2, 0) is 16.6 Å². The van der Waals surface area contributed by atoms with Crippen molar-refractivity contribution in [1.29, 1.82) is 0 Å². The number of hydrogen-bond acceptors (Lipinski definition) is 5. The van der Waals surface area contributed by atoms with Crippen molar-refractivity contribution in [3.05, 3.63) is 66.1 Å². The molecule has 0 aliphatic rings. The van der Waals surface area contributed by atoms with Gasteiger partial charge in [-0.15, -0.1) is 0 Å².